The number of piperidine rings is 1. The Labute approximate surface area is 103 Å². The van der Waals surface area contributed by atoms with E-state index >= 15 is 0 Å². The fraction of sp³-hybridized carbons (Fsp3) is 0.909. The number of rotatable bonds is 6. The molecule has 0 spiro atoms. The van der Waals surface area contributed by atoms with E-state index in [4.69, 9.17) is 5.11 Å². The molecule has 17 heavy (non-hydrogen) atoms. The number of carboxylic acid groups (broad SMARTS) is 1. The van der Waals surface area contributed by atoms with Gasteiger partial charge in [0.05, 0.1) is 5.75 Å². The number of hydrogen-bond acceptors (Lipinski definition) is 3. The van der Waals surface area contributed by atoms with Crippen LogP contribution in [0.25, 0.3) is 0 Å². The fourth-order valence-electron chi connectivity index (χ4n) is 2.16. The molecular formula is C11H21NO4S. The maximum Gasteiger partial charge on any atom is 0.303 e. The second-order valence-electron chi connectivity index (χ2n) is 4.62. The average molecular weight is 263 g/mol. The van der Waals surface area contributed by atoms with E-state index in [1.54, 1.807) is 4.31 Å². The van der Waals surface area contributed by atoms with Crippen LogP contribution in [0, 0.1) is 0 Å². The third kappa shape index (κ3) is 4.63. The van der Waals surface area contributed by atoms with Gasteiger partial charge in [-0.3, -0.25) is 4.79 Å². The summed E-state index contributed by atoms with van der Waals surface area (Å²) in [5.74, 6) is -0.793. The molecule has 0 aromatic carbocycles. The van der Waals surface area contributed by atoms with E-state index in [1.165, 1.54) is 0 Å². The second kappa shape index (κ2) is 6.35. The number of carbonyl (C=O) groups is 1. The van der Waals surface area contributed by atoms with Crippen LogP contribution in [0.15, 0.2) is 0 Å². The molecule has 0 radical (unpaired) electrons. The van der Waals surface area contributed by atoms with Crippen molar-refractivity contribution >= 4 is 16.0 Å². The van der Waals surface area contributed by atoms with E-state index in [2.05, 4.69) is 0 Å². The molecule has 1 heterocycles. The Hall–Kier alpha value is -0.620. The SMILES string of the molecule is CC1CCCCN1S(=O)(=O)CCCCC(=O)O. The van der Waals surface area contributed by atoms with Crippen LogP contribution in [0.3, 0.4) is 0 Å². The summed E-state index contributed by atoms with van der Waals surface area (Å²) in [7, 11) is -3.19. The standard InChI is InChI=1S/C11H21NO4S/c1-10-6-2-4-8-12(10)17(15,16)9-5-3-7-11(13)14/h10H,2-9H2,1H3,(H,13,14). The summed E-state index contributed by atoms with van der Waals surface area (Å²) >= 11 is 0. The summed E-state index contributed by atoms with van der Waals surface area (Å²) in [4.78, 5) is 10.3. The van der Waals surface area contributed by atoms with Gasteiger partial charge >= 0.3 is 5.97 Å². The Morgan fingerprint density at radius 1 is 1.35 bits per heavy atom. The van der Waals surface area contributed by atoms with E-state index < -0.39 is 16.0 Å². The molecular weight excluding hydrogens is 242 g/mol. The van der Waals surface area contributed by atoms with Gasteiger partial charge in [-0.1, -0.05) is 6.42 Å². The van der Waals surface area contributed by atoms with Crippen molar-refractivity contribution in [1.82, 2.24) is 4.31 Å². The summed E-state index contributed by atoms with van der Waals surface area (Å²) in [5, 5.41) is 8.47. The van der Waals surface area contributed by atoms with Crippen molar-refractivity contribution in [3.05, 3.63) is 0 Å². The highest BCUT2D eigenvalue weighted by molar-refractivity contribution is 7.89. The quantitative estimate of drug-likeness (QED) is 0.736. The highest BCUT2D eigenvalue weighted by atomic mass is 32.2. The number of hydrogen-bond donors (Lipinski definition) is 1. The smallest absolute Gasteiger partial charge is 0.303 e. The predicted octanol–water partition coefficient (Wildman–Crippen LogP) is 1.45. The molecule has 0 aromatic heterocycles. The van der Waals surface area contributed by atoms with Crippen molar-refractivity contribution < 1.29 is 18.3 Å². The fourth-order valence-corrected chi connectivity index (χ4v) is 4.03. The van der Waals surface area contributed by atoms with Gasteiger partial charge < -0.3 is 5.11 Å². The van der Waals surface area contributed by atoms with E-state index in [0.717, 1.165) is 19.3 Å². The summed E-state index contributed by atoms with van der Waals surface area (Å²) in [6.07, 6.45) is 3.85. The molecule has 1 saturated heterocycles. The lowest BCUT2D eigenvalue weighted by molar-refractivity contribution is -0.137. The molecule has 1 aliphatic rings. The third-order valence-corrected chi connectivity index (χ3v) is 5.20. The number of unbranched alkanes of at least 4 members (excludes halogenated alkanes) is 1. The van der Waals surface area contributed by atoms with Gasteiger partial charge in [-0.05, 0) is 32.6 Å². The van der Waals surface area contributed by atoms with Crippen molar-refractivity contribution in [2.24, 2.45) is 0 Å². The van der Waals surface area contributed by atoms with Crippen LogP contribution >= 0.6 is 0 Å². The molecule has 1 aliphatic heterocycles. The molecule has 1 unspecified atom stereocenters. The van der Waals surface area contributed by atoms with Crippen LogP contribution in [0.5, 0.6) is 0 Å². The summed E-state index contributed by atoms with van der Waals surface area (Å²) < 4.78 is 25.6. The van der Waals surface area contributed by atoms with Crippen molar-refractivity contribution in [3.8, 4) is 0 Å². The number of sulfonamides is 1. The topological polar surface area (TPSA) is 74.7 Å². The second-order valence-corrected chi connectivity index (χ2v) is 6.66. The minimum atomic E-state index is -3.19. The monoisotopic (exact) mass is 263 g/mol. The normalized spacial score (nSPS) is 22.5. The van der Waals surface area contributed by atoms with Gasteiger partial charge in [-0.25, -0.2) is 8.42 Å². The van der Waals surface area contributed by atoms with Gasteiger partial charge in [0.1, 0.15) is 0 Å². The van der Waals surface area contributed by atoms with Gasteiger partial charge in [0.15, 0.2) is 0 Å². The first-order valence-corrected chi connectivity index (χ1v) is 7.76. The first-order valence-electron chi connectivity index (χ1n) is 6.15. The first kappa shape index (κ1) is 14.4. The highest BCUT2D eigenvalue weighted by Gasteiger charge is 2.28. The van der Waals surface area contributed by atoms with E-state index in [1.807, 2.05) is 6.92 Å². The first-order chi connectivity index (χ1) is 7.93. The van der Waals surface area contributed by atoms with Gasteiger partial charge in [0, 0.05) is 19.0 Å². The molecule has 1 N–H and O–H groups in total. The van der Waals surface area contributed by atoms with Crippen LogP contribution in [-0.2, 0) is 14.8 Å². The average Bonchev–Trinajstić information content (AvgIpc) is 2.24. The summed E-state index contributed by atoms with van der Waals surface area (Å²) in [5.41, 5.74) is 0. The van der Waals surface area contributed by atoms with E-state index in [-0.39, 0.29) is 18.2 Å². The lowest BCUT2D eigenvalue weighted by Gasteiger charge is -2.32. The van der Waals surface area contributed by atoms with Crippen LogP contribution < -0.4 is 0 Å². The molecule has 0 aromatic rings. The maximum atomic E-state index is 12.0. The van der Waals surface area contributed by atoms with E-state index in [9.17, 15) is 13.2 Å². The lowest BCUT2D eigenvalue weighted by atomic mass is 10.1. The third-order valence-electron chi connectivity index (χ3n) is 3.14. The zero-order valence-corrected chi connectivity index (χ0v) is 11.1. The van der Waals surface area contributed by atoms with Crippen LogP contribution in [0.4, 0.5) is 0 Å². The summed E-state index contributed by atoms with van der Waals surface area (Å²) in [6.45, 7) is 2.55. The number of aliphatic carboxylic acids is 1. The number of nitrogens with zero attached hydrogens (tertiary/aromatic N) is 1. The Morgan fingerprint density at radius 2 is 2.06 bits per heavy atom. The van der Waals surface area contributed by atoms with Gasteiger partial charge in [0.2, 0.25) is 10.0 Å². The molecule has 100 valence electrons. The van der Waals surface area contributed by atoms with Gasteiger partial charge in [-0.2, -0.15) is 4.31 Å². The van der Waals surface area contributed by atoms with Crippen molar-refractivity contribution in [1.29, 1.82) is 0 Å². The molecule has 1 fully saturated rings. The molecule has 0 saturated carbocycles. The zero-order chi connectivity index (χ0) is 12.9. The van der Waals surface area contributed by atoms with Crippen LogP contribution in [0.2, 0.25) is 0 Å². The lowest BCUT2D eigenvalue weighted by Crippen LogP contribution is -2.43. The predicted molar refractivity (Wildman–Crippen MR) is 65.3 cm³/mol. The molecule has 0 amide bonds. The summed E-state index contributed by atoms with van der Waals surface area (Å²) in [6, 6.07) is 0.0909. The Morgan fingerprint density at radius 3 is 2.65 bits per heavy atom. The van der Waals surface area contributed by atoms with Crippen LogP contribution in [-0.4, -0.2) is 42.1 Å². The Bertz CT molecular complexity index is 352. The number of carboxylic acids is 1. The minimum Gasteiger partial charge on any atom is -0.481 e. The molecule has 1 rings (SSSR count). The van der Waals surface area contributed by atoms with Crippen molar-refractivity contribution in [3.63, 3.8) is 0 Å². The van der Waals surface area contributed by atoms with Crippen LogP contribution in [0.1, 0.15) is 45.4 Å². The molecule has 5 nitrogen and oxygen atoms in total. The van der Waals surface area contributed by atoms with Gasteiger partial charge in [-0.15, -0.1) is 0 Å². The molecule has 6 heteroatoms. The molecule has 0 aliphatic carbocycles. The Kier molecular flexibility index (Phi) is 5.39. The maximum absolute atomic E-state index is 12.0. The minimum absolute atomic E-state index is 0.0467. The largest absolute Gasteiger partial charge is 0.481 e. The Balaban J connectivity index is 2.41. The molecule has 1 atom stereocenters. The van der Waals surface area contributed by atoms with E-state index in [0.29, 0.717) is 19.4 Å². The zero-order valence-electron chi connectivity index (χ0n) is 10.3. The highest BCUT2D eigenvalue weighted by Crippen LogP contribution is 2.20. The van der Waals surface area contributed by atoms with Gasteiger partial charge in [0.25, 0.3) is 0 Å². The van der Waals surface area contributed by atoms with Crippen molar-refractivity contribution in [2.45, 2.75) is 51.5 Å². The molecule has 0 bridgehead atoms. The van der Waals surface area contributed by atoms with Crippen molar-refractivity contribution in [2.75, 3.05) is 12.3 Å².